The number of esters is 1. The van der Waals surface area contributed by atoms with E-state index in [4.69, 9.17) is 0 Å². The zero-order chi connectivity index (χ0) is 10.1. The summed E-state index contributed by atoms with van der Waals surface area (Å²) in [5.74, 6) is -0.869. The monoisotopic (exact) mass is 211 g/mol. The fourth-order valence-electron chi connectivity index (χ4n) is 0.602. The maximum Gasteiger partial charge on any atom is 0.443 e. The van der Waals surface area contributed by atoms with E-state index in [0.29, 0.717) is 11.3 Å². The van der Waals surface area contributed by atoms with Crippen LogP contribution in [0.3, 0.4) is 0 Å². The molecular weight excluding hydrogens is 207 g/mol. The van der Waals surface area contributed by atoms with Crippen molar-refractivity contribution in [1.82, 2.24) is 4.98 Å². The summed E-state index contributed by atoms with van der Waals surface area (Å²) in [5, 5.41) is -0.0397. The highest BCUT2D eigenvalue weighted by atomic mass is 32.1. The Bertz CT molecular complexity index is 320. The number of rotatable bonds is 1. The van der Waals surface area contributed by atoms with Crippen molar-refractivity contribution >= 4 is 17.3 Å². The predicted molar refractivity (Wildman–Crippen MR) is 38.5 cm³/mol. The number of thiazole rings is 1. The maximum absolute atomic E-state index is 12.0. The molecule has 1 aromatic heterocycles. The number of halogens is 3. The Labute approximate surface area is 75.2 Å². The highest BCUT2D eigenvalue weighted by Gasteiger charge is 2.35. The third kappa shape index (κ3) is 2.18. The lowest BCUT2D eigenvalue weighted by Crippen LogP contribution is -2.07. The summed E-state index contributed by atoms with van der Waals surface area (Å²) in [6.07, 6.45) is -4.50. The summed E-state index contributed by atoms with van der Waals surface area (Å²) in [6, 6.07) is 0. The normalized spacial score (nSPS) is 11.4. The second kappa shape index (κ2) is 3.33. The molecule has 0 fully saturated rings. The summed E-state index contributed by atoms with van der Waals surface area (Å²) in [4.78, 5) is 13.8. The Morgan fingerprint density at radius 2 is 2.23 bits per heavy atom. The lowest BCUT2D eigenvalue weighted by Gasteiger charge is -1.98. The highest BCUT2D eigenvalue weighted by molar-refractivity contribution is 7.09. The van der Waals surface area contributed by atoms with Gasteiger partial charge in [0.25, 0.3) is 0 Å². The number of nitrogens with zero attached hydrogens (tertiary/aromatic N) is 1. The first-order valence-corrected chi connectivity index (χ1v) is 3.94. The molecule has 1 rings (SSSR count). The molecule has 72 valence electrons. The zero-order valence-corrected chi connectivity index (χ0v) is 7.20. The van der Waals surface area contributed by atoms with Crippen LogP contribution < -0.4 is 0 Å². The van der Waals surface area contributed by atoms with Gasteiger partial charge in [-0.3, -0.25) is 0 Å². The maximum atomic E-state index is 12.0. The second-order valence-corrected chi connectivity index (χ2v) is 2.89. The van der Waals surface area contributed by atoms with E-state index in [0.717, 1.165) is 12.5 Å². The fraction of sp³-hybridized carbons (Fsp3) is 0.333. The van der Waals surface area contributed by atoms with Gasteiger partial charge in [0.1, 0.15) is 0 Å². The van der Waals surface area contributed by atoms with Crippen molar-refractivity contribution < 1.29 is 22.7 Å². The second-order valence-electron chi connectivity index (χ2n) is 2.03. The minimum Gasteiger partial charge on any atom is -0.464 e. The van der Waals surface area contributed by atoms with Crippen molar-refractivity contribution in [1.29, 1.82) is 0 Å². The lowest BCUT2D eigenvalue weighted by molar-refractivity contribution is -0.137. The van der Waals surface area contributed by atoms with Crippen LogP contribution in [0.25, 0.3) is 0 Å². The molecule has 1 heterocycles. The molecule has 0 aromatic carbocycles. The molecule has 3 nitrogen and oxygen atoms in total. The van der Waals surface area contributed by atoms with Crippen LogP contribution in [0.4, 0.5) is 13.2 Å². The van der Waals surface area contributed by atoms with E-state index in [1.807, 2.05) is 0 Å². The Balaban J connectivity index is 2.93. The van der Waals surface area contributed by atoms with Crippen LogP contribution in [-0.2, 0) is 10.9 Å². The molecule has 0 radical (unpaired) electrons. The summed E-state index contributed by atoms with van der Waals surface area (Å²) in [6.45, 7) is 0. The summed E-state index contributed by atoms with van der Waals surface area (Å²) in [7, 11) is 1.08. The first kappa shape index (κ1) is 9.97. The van der Waals surface area contributed by atoms with Crippen molar-refractivity contribution in [3.05, 3.63) is 16.1 Å². The molecular formula is C6H4F3NO2S. The van der Waals surface area contributed by atoms with Crippen LogP contribution in [0, 0.1) is 0 Å². The van der Waals surface area contributed by atoms with E-state index in [1.165, 1.54) is 0 Å². The average Bonchev–Trinajstić information content (AvgIpc) is 2.50. The molecule has 0 aliphatic rings. The van der Waals surface area contributed by atoms with Gasteiger partial charge in [0.15, 0.2) is 10.7 Å². The van der Waals surface area contributed by atoms with E-state index in [1.54, 1.807) is 0 Å². The lowest BCUT2D eigenvalue weighted by atomic mass is 10.5. The van der Waals surface area contributed by atoms with Gasteiger partial charge < -0.3 is 4.74 Å². The number of carbonyl (C=O) groups is 1. The van der Waals surface area contributed by atoms with Crippen LogP contribution in [0.2, 0.25) is 0 Å². The van der Waals surface area contributed by atoms with E-state index in [2.05, 4.69) is 9.72 Å². The van der Waals surface area contributed by atoms with Gasteiger partial charge in [0, 0.05) is 5.38 Å². The molecule has 13 heavy (non-hydrogen) atoms. The van der Waals surface area contributed by atoms with Gasteiger partial charge in [-0.15, -0.1) is 11.3 Å². The van der Waals surface area contributed by atoms with Gasteiger partial charge in [-0.2, -0.15) is 13.2 Å². The Morgan fingerprint density at radius 1 is 1.62 bits per heavy atom. The minimum absolute atomic E-state index is 0.320. The molecule has 0 aliphatic carbocycles. The number of aromatic nitrogens is 1. The number of methoxy groups -OCH3 is 1. The Morgan fingerprint density at radius 3 is 2.62 bits per heavy atom. The molecule has 0 spiro atoms. The molecule has 0 aliphatic heterocycles. The summed E-state index contributed by atoms with van der Waals surface area (Å²) < 4.78 is 40.1. The highest BCUT2D eigenvalue weighted by Crippen LogP contribution is 2.31. The number of carbonyl (C=O) groups excluding carboxylic acids is 1. The first-order valence-electron chi connectivity index (χ1n) is 3.06. The molecule has 0 bridgehead atoms. The quantitative estimate of drug-likeness (QED) is 0.666. The van der Waals surface area contributed by atoms with Crippen LogP contribution in [0.1, 0.15) is 15.5 Å². The fourth-order valence-corrected chi connectivity index (χ4v) is 1.26. The third-order valence-electron chi connectivity index (χ3n) is 1.14. The Kier molecular flexibility index (Phi) is 2.55. The van der Waals surface area contributed by atoms with Crippen molar-refractivity contribution in [3.8, 4) is 0 Å². The predicted octanol–water partition coefficient (Wildman–Crippen LogP) is 1.95. The zero-order valence-electron chi connectivity index (χ0n) is 6.38. The first-order chi connectivity index (χ1) is 5.95. The average molecular weight is 211 g/mol. The van der Waals surface area contributed by atoms with Crippen LogP contribution in [0.5, 0.6) is 0 Å². The minimum atomic E-state index is -4.50. The van der Waals surface area contributed by atoms with Crippen molar-refractivity contribution in [2.24, 2.45) is 0 Å². The van der Waals surface area contributed by atoms with Gasteiger partial charge in [0.2, 0.25) is 0 Å². The van der Waals surface area contributed by atoms with Crippen LogP contribution in [-0.4, -0.2) is 18.1 Å². The SMILES string of the molecule is COC(=O)c1csc(C(F)(F)F)n1. The van der Waals surface area contributed by atoms with Crippen molar-refractivity contribution in [3.63, 3.8) is 0 Å². The smallest absolute Gasteiger partial charge is 0.443 e. The largest absolute Gasteiger partial charge is 0.464 e. The standard InChI is InChI=1S/C6H4F3NO2S/c1-12-4(11)3-2-13-5(10-3)6(7,8)9/h2H,1H3. The van der Waals surface area contributed by atoms with E-state index in [-0.39, 0.29) is 5.69 Å². The molecule has 0 atom stereocenters. The topological polar surface area (TPSA) is 39.2 Å². The number of alkyl halides is 3. The number of hydrogen-bond donors (Lipinski definition) is 0. The van der Waals surface area contributed by atoms with E-state index in [9.17, 15) is 18.0 Å². The molecule has 1 aromatic rings. The molecule has 0 N–H and O–H groups in total. The molecule has 0 saturated carbocycles. The van der Waals surface area contributed by atoms with Gasteiger partial charge in [0.05, 0.1) is 7.11 Å². The van der Waals surface area contributed by atoms with Crippen LogP contribution >= 0.6 is 11.3 Å². The summed E-state index contributed by atoms with van der Waals surface area (Å²) in [5.41, 5.74) is -0.320. The van der Waals surface area contributed by atoms with Crippen molar-refractivity contribution in [2.45, 2.75) is 6.18 Å². The Hall–Kier alpha value is -1.11. The van der Waals surface area contributed by atoms with Gasteiger partial charge >= 0.3 is 12.1 Å². The number of ether oxygens (including phenoxy) is 1. The van der Waals surface area contributed by atoms with Gasteiger partial charge in [-0.25, -0.2) is 9.78 Å². The molecule has 0 saturated heterocycles. The van der Waals surface area contributed by atoms with Gasteiger partial charge in [-0.05, 0) is 0 Å². The van der Waals surface area contributed by atoms with Crippen LogP contribution in [0.15, 0.2) is 5.38 Å². The van der Waals surface area contributed by atoms with Crippen molar-refractivity contribution in [2.75, 3.05) is 7.11 Å². The molecule has 0 unspecified atom stereocenters. The third-order valence-corrected chi connectivity index (χ3v) is 2.03. The van der Waals surface area contributed by atoms with E-state index < -0.39 is 17.2 Å². The molecule has 0 amide bonds. The molecule has 7 heteroatoms. The number of hydrogen-bond acceptors (Lipinski definition) is 4. The van der Waals surface area contributed by atoms with Gasteiger partial charge in [-0.1, -0.05) is 0 Å². The van der Waals surface area contributed by atoms with E-state index >= 15 is 0 Å². The summed E-state index contributed by atoms with van der Waals surface area (Å²) >= 11 is 0.363.